The first-order valence-electron chi connectivity index (χ1n) is 10.6. The van der Waals surface area contributed by atoms with Gasteiger partial charge in [0.05, 0.1) is 33.8 Å². The standard InChI is InChI=1S/C23H20N4O5S3/c28-22-20(34-23(33)26(22)19-9-10-35(31,32)14-19)12-16-13-25(17-6-2-1-3-7-17)24-21(16)15-5-4-8-18(11-15)27(29)30/h1-8,11-13,19,29-30H,9-10,14H2. The third-order valence-electron chi connectivity index (χ3n) is 5.80. The molecule has 5 rings (SSSR count). The first-order valence-corrected chi connectivity index (χ1v) is 13.7. The van der Waals surface area contributed by atoms with Crippen molar-refractivity contribution in [2.75, 3.05) is 16.7 Å². The zero-order chi connectivity index (χ0) is 24.7. The molecule has 2 aliphatic rings. The van der Waals surface area contributed by atoms with Gasteiger partial charge >= 0.3 is 0 Å². The van der Waals surface area contributed by atoms with Crippen LogP contribution < -0.4 is 5.23 Å². The van der Waals surface area contributed by atoms with Gasteiger partial charge in [0.25, 0.3) is 5.91 Å². The maximum absolute atomic E-state index is 13.2. The lowest BCUT2D eigenvalue weighted by Crippen LogP contribution is -2.39. The smallest absolute Gasteiger partial charge is 0.266 e. The fourth-order valence-electron chi connectivity index (χ4n) is 4.12. The zero-order valence-corrected chi connectivity index (χ0v) is 20.6. The number of rotatable bonds is 5. The Morgan fingerprint density at radius 2 is 1.91 bits per heavy atom. The van der Waals surface area contributed by atoms with E-state index in [4.69, 9.17) is 17.3 Å². The number of anilines is 1. The molecule has 0 spiro atoms. The topological polar surface area (TPSA) is 116 Å². The molecule has 1 atom stereocenters. The van der Waals surface area contributed by atoms with Crippen molar-refractivity contribution in [2.24, 2.45) is 0 Å². The molecule has 2 aliphatic heterocycles. The highest BCUT2D eigenvalue weighted by atomic mass is 32.2. The van der Waals surface area contributed by atoms with Crippen LogP contribution in [0.5, 0.6) is 0 Å². The molecule has 0 bridgehead atoms. The van der Waals surface area contributed by atoms with E-state index in [0.29, 0.717) is 32.5 Å². The Kier molecular flexibility index (Phi) is 6.23. The number of sulfone groups is 1. The van der Waals surface area contributed by atoms with Crippen LogP contribution in [0.1, 0.15) is 12.0 Å². The first kappa shape index (κ1) is 23.7. The summed E-state index contributed by atoms with van der Waals surface area (Å²) in [6.45, 7) is 0. The van der Waals surface area contributed by atoms with Crippen LogP contribution in [0.4, 0.5) is 5.69 Å². The average Bonchev–Trinajstić information content (AvgIpc) is 3.49. The van der Waals surface area contributed by atoms with Gasteiger partial charge in [0.15, 0.2) is 9.84 Å². The summed E-state index contributed by atoms with van der Waals surface area (Å²) in [5, 5.41) is 23.6. The number of aromatic nitrogens is 2. The number of carbonyl (C=O) groups is 1. The summed E-state index contributed by atoms with van der Waals surface area (Å²) >= 11 is 6.56. The molecule has 180 valence electrons. The van der Waals surface area contributed by atoms with Crippen LogP contribution in [0.25, 0.3) is 23.0 Å². The summed E-state index contributed by atoms with van der Waals surface area (Å²) in [6, 6.07) is 15.5. The minimum absolute atomic E-state index is 0.0259. The molecular weight excluding hydrogens is 508 g/mol. The second-order valence-electron chi connectivity index (χ2n) is 8.16. The summed E-state index contributed by atoms with van der Waals surface area (Å²) in [4.78, 5) is 15.0. The second kappa shape index (κ2) is 9.21. The van der Waals surface area contributed by atoms with Crippen LogP contribution >= 0.6 is 24.0 Å². The largest absolute Gasteiger partial charge is 0.289 e. The van der Waals surface area contributed by atoms with Gasteiger partial charge in [0.2, 0.25) is 0 Å². The summed E-state index contributed by atoms with van der Waals surface area (Å²) in [5.41, 5.74) is 2.70. The number of amides is 1. The lowest BCUT2D eigenvalue weighted by Gasteiger charge is -2.20. The number of thioether (sulfide) groups is 1. The van der Waals surface area contributed by atoms with Gasteiger partial charge in [-0.05, 0) is 36.8 Å². The van der Waals surface area contributed by atoms with Gasteiger partial charge in [0.1, 0.15) is 10.0 Å². The number of hydrogen-bond acceptors (Lipinski definition) is 9. The van der Waals surface area contributed by atoms with Crippen molar-refractivity contribution in [1.82, 2.24) is 14.7 Å². The van der Waals surface area contributed by atoms with E-state index in [0.717, 1.165) is 17.4 Å². The van der Waals surface area contributed by atoms with Crippen LogP contribution in [0.2, 0.25) is 0 Å². The molecule has 1 unspecified atom stereocenters. The minimum atomic E-state index is -3.18. The number of carbonyl (C=O) groups excluding carboxylic acids is 1. The SMILES string of the molecule is O=C1C(=Cc2cn(-c3ccccc3)nc2-c2cccc(N(O)O)c2)SC(=S)N1C1CCS(=O)(=O)C1. The van der Waals surface area contributed by atoms with Crippen LogP contribution in [-0.4, -0.2) is 61.3 Å². The summed E-state index contributed by atoms with van der Waals surface area (Å²) in [5.74, 6) is -0.369. The number of nitrogens with zero attached hydrogens (tertiary/aromatic N) is 4. The lowest BCUT2D eigenvalue weighted by molar-refractivity contribution is -0.123. The van der Waals surface area contributed by atoms with Gasteiger partial charge in [-0.25, -0.2) is 13.1 Å². The molecule has 1 aromatic heterocycles. The quantitative estimate of drug-likeness (QED) is 0.292. The van der Waals surface area contributed by atoms with Crippen LogP contribution in [0.15, 0.2) is 65.7 Å². The number of para-hydroxylation sites is 1. The predicted octanol–water partition coefficient (Wildman–Crippen LogP) is 3.51. The van der Waals surface area contributed by atoms with Crippen molar-refractivity contribution < 1.29 is 23.6 Å². The van der Waals surface area contributed by atoms with Gasteiger partial charge in [-0.2, -0.15) is 5.10 Å². The van der Waals surface area contributed by atoms with E-state index in [1.165, 1.54) is 11.0 Å². The van der Waals surface area contributed by atoms with Crippen molar-refractivity contribution in [3.05, 3.63) is 71.3 Å². The fraction of sp³-hybridized carbons (Fsp3) is 0.174. The van der Waals surface area contributed by atoms with Gasteiger partial charge in [-0.15, -0.1) is 5.23 Å². The Morgan fingerprint density at radius 1 is 1.14 bits per heavy atom. The van der Waals surface area contributed by atoms with Crippen molar-refractivity contribution in [3.8, 4) is 16.9 Å². The minimum Gasteiger partial charge on any atom is -0.289 e. The van der Waals surface area contributed by atoms with E-state index in [1.807, 2.05) is 30.3 Å². The van der Waals surface area contributed by atoms with E-state index in [-0.39, 0.29) is 28.3 Å². The Hall–Kier alpha value is -3.03. The highest BCUT2D eigenvalue weighted by molar-refractivity contribution is 8.26. The zero-order valence-electron chi connectivity index (χ0n) is 18.2. The third kappa shape index (κ3) is 4.75. The predicted molar refractivity (Wildman–Crippen MR) is 137 cm³/mol. The Morgan fingerprint density at radius 3 is 2.60 bits per heavy atom. The molecule has 3 aromatic rings. The van der Waals surface area contributed by atoms with E-state index in [2.05, 4.69) is 0 Å². The molecule has 2 fully saturated rings. The Balaban J connectivity index is 1.56. The Labute approximate surface area is 211 Å². The molecule has 2 aromatic carbocycles. The maximum Gasteiger partial charge on any atom is 0.266 e. The number of thiocarbonyl (C=S) groups is 1. The van der Waals surface area contributed by atoms with Crippen molar-refractivity contribution in [3.63, 3.8) is 0 Å². The molecule has 35 heavy (non-hydrogen) atoms. The molecule has 0 radical (unpaired) electrons. The normalized spacial score (nSPS) is 20.7. The molecule has 3 heterocycles. The third-order valence-corrected chi connectivity index (χ3v) is 8.88. The average molecular weight is 529 g/mol. The monoisotopic (exact) mass is 528 g/mol. The lowest BCUT2D eigenvalue weighted by atomic mass is 10.1. The van der Waals surface area contributed by atoms with Crippen LogP contribution in [0, 0.1) is 0 Å². The van der Waals surface area contributed by atoms with Crippen molar-refractivity contribution >= 4 is 55.8 Å². The summed E-state index contributed by atoms with van der Waals surface area (Å²) in [7, 11) is -3.18. The molecule has 0 saturated carbocycles. The molecule has 2 saturated heterocycles. The number of hydrogen-bond donors (Lipinski definition) is 2. The number of benzene rings is 2. The fourth-order valence-corrected chi connectivity index (χ4v) is 7.21. The van der Waals surface area contributed by atoms with Gasteiger partial charge in [-0.1, -0.05) is 54.3 Å². The van der Waals surface area contributed by atoms with Gasteiger partial charge in [-0.3, -0.25) is 20.1 Å². The molecule has 12 heteroatoms. The molecule has 9 nitrogen and oxygen atoms in total. The highest BCUT2D eigenvalue weighted by Gasteiger charge is 2.42. The second-order valence-corrected chi connectivity index (χ2v) is 12.1. The van der Waals surface area contributed by atoms with E-state index >= 15 is 0 Å². The highest BCUT2D eigenvalue weighted by Crippen LogP contribution is 2.38. The van der Waals surface area contributed by atoms with Crippen LogP contribution in [-0.2, 0) is 14.6 Å². The van der Waals surface area contributed by atoms with Gasteiger partial charge in [0, 0.05) is 17.3 Å². The van der Waals surface area contributed by atoms with Crippen LogP contribution in [0.3, 0.4) is 0 Å². The molecular formula is C23H20N4O5S3. The molecule has 1 amide bonds. The van der Waals surface area contributed by atoms with Gasteiger partial charge < -0.3 is 0 Å². The molecule has 0 aliphatic carbocycles. The first-order chi connectivity index (χ1) is 16.7. The van der Waals surface area contributed by atoms with Crippen molar-refractivity contribution in [2.45, 2.75) is 12.5 Å². The molecule has 2 N–H and O–H groups in total. The van der Waals surface area contributed by atoms with Crippen molar-refractivity contribution in [1.29, 1.82) is 0 Å². The summed E-state index contributed by atoms with van der Waals surface area (Å²) in [6.07, 6.45) is 3.83. The maximum atomic E-state index is 13.2. The Bertz CT molecular complexity index is 1450. The van der Waals surface area contributed by atoms with E-state index in [9.17, 15) is 23.6 Å². The summed E-state index contributed by atoms with van der Waals surface area (Å²) < 4.78 is 25.9. The van der Waals surface area contributed by atoms with E-state index < -0.39 is 15.9 Å². The van der Waals surface area contributed by atoms with E-state index in [1.54, 1.807) is 35.2 Å².